The third kappa shape index (κ3) is 1.94. The summed E-state index contributed by atoms with van der Waals surface area (Å²) in [6.07, 6.45) is 0. The number of hydrogen-bond donors (Lipinski definition) is 1. The van der Waals surface area contributed by atoms with Crippen molar-refractivity contribution in [3.63, 3.8) is 0 Å². The predicted octanol–water partition coefficient (Wildman–Crippen LogP) is 2.26. The number of halogens is 2. The molecule has 16 heavy (non-hydrogen) atoms. The molecule has 1 aromatic carbocycles. The second-order valence-electron chi connectivity index (χ2n) is 3.74. The van der Waals surface area contributed by atoms with E-state index in [4.69, 9.17) is 0 Å². The van der Waals surface area contributed by atoms with Crippen LogP contribution in [0.2, 0.25) is 0 Å². The highest BCUT2D eigenvalue weighted by molar-refractivity contribution is 9.10. The summed E-state index contributed by atoms with van der Waals surface area (Å²) in [6, 6.07) is 5.68. The predicted molar refractivity (Wildman–Crippen MR) is 67.5 cm³/mol. The van der Waals surface area contributed by atoms with Gasteiger partial charge >= 0.3 is 0 Å². The van der Waals surface area contributed by atoms with E-state index in [0.29, 0.717) is 0 Å². The lowest BCUT2D eigenvalue weighted by atomic mass is 9.97. The van der Waals surface area contributed by atoms with Crippen molar-refractivity contribution in [3.8, 4) is 0 Å². The van der Waals surface area contributed by atoms with Crippen LogP contribution in [0.1, 0.15) is 17.0 Å². The molecule has 2 atom stereocenters. The minimum atomic E-state index is -0.477. The summed E-state index contributed by atoms with van der Waals surface area (Å²) in [6.45, 7) is 1.97. The standard InChI is InChI=1S/C11H9Br2NO2/c1-5-2-3-6(4-7(5)12)8-9(13)11(16)14-10(8)15/h2-4,8-9H,1H3,(H,14,15,16). The zero-order chi connectivity index (χ0) is 11.9. The zero-order valence-corrected chi connectivity index (χ0v) is 11.6. The molecule has 1 fully saturated rings. The number of alkyl halides is 1. The Hall–Kier alpha value is -0.680. The molecule has 2 rings (SSSR count). The molecule has 0 aromatic heterocycles. The second kappa shape index (κ2) is 4.30. The van der Waals surface area contributed by atoms with Gasteiger partial charge in [0.15, 0.2) is 0 Å². The van der Waals surface area contributed by atoms with E-state index in [-0.39, 0.29) is 11.8 Å². The third-order valence-corrected chi connectivity index (χ3v) is 4.43. The number of rotatable bonds is 1. The van der Waals surface area contributed by atoms with Gasteiger partial charge in [-0.25, -0.2) is 0 Å². The molecular formula is C11H9Br2NO2. The quantitative estimate of drug-likeness (QED) is 0.626. The average molecular weight is 347 g/mol. The maximum atomic E-state index is 11.6. The highest BCUT2D eigenvalue weighted by atomic mass is 79.9. The van der Waals surface area contributed by atoms with Crippen LogP contribution < -0.4 is 5.32 Å². The summed E-state index contributed by atoms with van der Waals surface area (Å²) in [4.78, 5) is 22.5. The van der Waals surface area contributed by atoms with E-state index in [1.807, 2.05) is 25.1 Å². The van der Waals surface area contributed by atoms with Crippen LogP contribution in [-0.2, 0) is 9.59 Å². The van der Waals surface area contributed by atoms with Crippen LogP contribution in [0.25, 0.3) is 0 Å². The Morgan fingerprint density at radius 2 is 1.94 bits per heavy atom. The maximum absolute atomic E-state index is 11.6. The van der Waals surface area contributed by atoms with Crippen molar-refractivity contribution in [2.45, 2.75) is 17.7 Å². The zero-order valence-electron chi connectivity index (χ0n) is 8.46. The SMILES string of the molecule is Cc1ccc(C2C(=O)NC(=O)C2Br)cc1Br. The number of carbonyl (C=O) groups excluding carboxylic acids is 2. The fourth-order valence-corrected chi connectivity index (χ4v) is 2.73. The lowest BCUT2D eigenvalue weighted by Crippen LogP contribution is -2.22. The monoisotopic (exact) mass is 345 g/mol. The largest absolute Gasteiger partial charge is 0.295 e. The summed E-state index contributed by atoms with van der Waals surface area (Å²) in [5.41, 5.74) is 1.93. The molecule has 3 nitrogen and oxygen atoms in total. The van der Waals surface area contributed by atoms with Gasteiger partial charge in [-0.3, -0.25) is 14.9 Å². The summed E-state index contributed by atoms with van der Waals surface area (Å²) in [5, 5.41) is 2.31. The molecule has 0 spiro atoms. The van der Waals surface area contributed by atoms with Gasteiger partial charge in [-0.05, 0) is 24.1 Å². The van der Waals surface area contributed by atoms with Gasteiger partial charge in [0.1, 0.15) is 4.83 Å². The van der Waals surface area contributed by atoms with Crippen LogP contribution in [0, 0.1) is 6.92 Å². The van der Waals surface area contributed by atoms with Gasteiger partial charge in [0, 0.05) is 4.47 Å². The topological polar surface area (TPSA) is 46.2 Å². The minimum absolute atomic E-state index is 0.248. The molecule has 1 aliphatic rings. The van der Waals surface area contributed by atoms with Crippen LogP contribution >= 0.6 is 31.9 Å². The molecule has 0 bridgehead atoms. The first-order valence-corrected chi connectivity index (χ1v) is 6.46. The fourth-order valence-electron chi connectivity index (χ4n) is 1.68. The fraction of sp³-hybridized carbons (Fsp3) is 0.273. The van der Waals surface area contributed by atoms with Gasteiger partial charge in [-0.2, -0.15) is 0 Å². The summed E-state index contributed by atoms with van der Waals surface area (Å²) in [7, 11) is 0. The number of aryl methyl sites for hydroxylation is 1. The second-order valence-corrected chi connectivity index (χ2v) is 5.58. The summed E-state index contributed by atoms with van der Waals surface area (Å²) in [5.74, 6) is -0.960. The number of hydrogen-bond acceptors (Lipinski definition) is 2. The van der Waals surface area contributed by atoms with Crippen molar-refractivity contribution < 1.29 is 9.59 Å². The smallest absolute Gasteiger partial charge is 0.241 e. The molecule has 5 heteroatoms. The van der Waals surface area contributed by atoms with Gasteiger partial charge in [0.25, 0.3) is 0 Å². The molecule has 84 valence electrons. The third-order valence-electron chi connectivity index (χ3n) is 2.63. The normalized spacial score (nSPS) is 24.7. The van der Waals surface area contributed by atoms with Crippen LogP contribution in [0.3, 0.4) is 0 Å². The number of amides is 2. The number of carbonyl (C=O) groups is 2. The average Bonchev–Trinajstić information content (AvgIpc) is 2.47. The van der Waals surface area contributed by atoms with E-state index in [1.54, 1.807) is 0 Å². The Morgan fingerprint density at radius 1 is 1.25 bits per heavy atom. The first kappa shape index (κ1) is 11.8. The molecule has 2 amide bonds. The molecule has 1 heterocycles. The van der Waals surface area contributed by atoms with Crippen molar-refractivity contribution in [2.24, 2.45) is 0 Å². The van der Waals surface area contributed by atoms with Crippen molar-refractivity contribution in [3.05, 3.63) is 33.8 Å². The van der Waals surface area contributed by atoms with Gasteiger partial charge in [-0.15, -0.1) is 0 Å². The maximum Gasteiger partial charge on any atom is 0.241 e. The van der Waals surface area contributed by atoms with Crippen LogP contribution in [0.15, 0.2) is 22.7 Å². The highest BCUT2D eigenvalue weighted by Crippen LogP contribution is 2.32. The first-order chi connectivity index (χ1) is 7.50. The molecule has 2 unspecified atom stereocenters. The van der Waals surface area contributed by atoms with Crippen molar-refractivity contribution in [2.75, 3.05) is 0 Å². The number of benzene rings is 1. The van der Waals surface area contributed by atoms with Crippen LogP contribution in [-0.4, -0.2) is 16.6 Å². The van der Waals surface area contributed by atoms with E-state index < -0.39 is 10.7 Å². The minimum Gasteiger partial charge on any atom is -0.295 e. The number of nitrogens with one attached hydrogen (secondary N) is 1. The van der Waals surface area contributed by atoms with E-state index in [1.165, 1.54) is 0 Å². The van der Waals surface area contributed by atoms with Crippen LogP contribution in [0.4, 0.5) is 0 Å². The molecule has 0 saturated carbocycles. The summed E-state index contributed by atoms with van der Waals surface area (Å²) < 4.78 is 0.942. The van der Waals surface area contributed by atoms with Gasteiger partial charge < -0.3 is 0 Å². The van der Waals surface area contributed by atoms with E-state index in [0.717, 1.165) is 15.6 Å². The lowest BCUT2D eigenvalue weighted by Gasteiger charge is -2.11. The van der Waals surface area contributed by atoms with Crippen molar-refractivity contribution in [1.29, 1.82) is 0 Å². The highest BCUT2D eigenvalue weighted by Gasteiger charge is 2.40. The molecular weight excluding hydrogens is 338 g/mol. The van der Waals surface area contributed by atoms with Gasteiger partial charge in [0.2, 0.25) is 11.8 Å². The number of imide groups is 1. The molecule has 0 aliphatic carbocycles. The Bertz CT molecular complexity index is 473. The lowest BCUT2D eigenvalue weighted by molar-refractivity contribution is -0.125. The van der Waals surface area contributed by atoms with Crippen LogP contribution in [0.5, 0.6) is 0 Å². The molecule has 0 radical (unpaired) electrons. The molecule has 1 aromatic rings. The van der Waals surface area contributed by atoms with E-state index >= 15 is 0 Å². The Labute approximate surface area is 110 Å². The van der Waals surface area contributed by atoms with Gasteiger partial charge in [-0.1, -0.05) is 44.0 Å². The molecule has 1 aliphatic heterocycles. The van der Waals surface area contributed by atoms with E-state index in [2.05, 4.69) is 37.2 Å². The Kier molecular flexibility index (Phi) is 3.17. The summed E-state index contributed by atoms with van der Waals surface area (Å²) >= 11 is 6.66. The van der Waals surface area contributed by atoms with Crippen molar-refractivity contribution in [1.82, 2.24) is 5.32 Å². The van der Waals surface area contributed by atoms with Gasteiger partial charge in [0.05, 0.1) is 5.92 Å². The Morgan fingerprint density at radius 3 is 2.44 bits per heavy atom. The Balaban J connectivity index is 2.40. The van der Waals surface area contributed by atoms with Crippen molar-refractivity contribution >= 4 is 43.7 Å². The van der Waals surface area contributed by atoms with E-state index in [9.17, 15) is 9.59 Å². The molecule has 1 saturated heterocycles. The molecule has 1 N–H and O–H groups in total. The first-order valence-electron chi connectivity index (χ1n) is 4.75.